The molecule has 0 saturated heterocycles. The highest BCUT2D eigenvalue weighted by molar-refractivity contribution is 7.16. The number of aryl methyl sites for hydroxylation is 1. The van der Waals surface area contributed by atoms with Crippen molar-refractivity contribution < 1.29 is 0 Å². The Balaban J connectivity index is 1.99. The minimum atomic E-state index is 0.834. The number of rotatable bonds is 3. The summed E-state index contributed by atoms with van der Waals surface area (Å²) in [5, 5.41) is 3.37. The van der Waals surface area contributed by atoms with Gasteiger partial charge in [0, 0.05) is 17.1 Å². The first-order chi connectivity index (χ1) is 7.24. The lowest BCUT2D eigenvalue weighted by Crippen LogP contribution is -1.96. The number of thiophene rings is 1. The number of halogens is 1. The minimum Gasteiger partial charge on any atom is -0.380 e. The van der Waals surface area contributed by atoms with Gasteiger partial charge in [0.2, 0.25) is 0 Å². The Kier molecular flexibility index (Phi) is 3.29. The molecule has 1 N–H and O–H groups in total. The van der Waals surface area contributed by atoms with Crippen LogP contribution < -0.4 is 5.32 Å². The molecule has 2 rings (SSSR count). The number of hydrogen-bond acceptors (Lipinski definition) is 2. The summed E-state index contributed by atoms with van der Waals surface area (Å²) in [6.45, 7) is 2.92. The van der Waals surface area contributed by atoms with E-state index in [4.69, 9.17) is 11.6 Å². The molecule has 15 heavy (non-hydrogen) atoms. The Bertz CT molecular complexity index is 450. The molecule has 0 aliphatic rings. The third-order valence-electron chi connectivity index (χ3n) is 2.11. The fourth-order valence-corrected chi connectivity index (χ4v) is 2.42. The van der Waals surface area contributed by atoms with Crippen LogP contribution in [0.15, 0.2) is 36.4 Å². The molecule has 2 aromatic rings. The van der Waals surface area contributed by atoms with Gasteiger partial charge in [0.25, 0.3) is 0 Å². The molecule has 0 spiro atoms. The van der Waals surface area contributed by atoms with Crippen LogP contribution in [-0.2, 0) is 6.54 Å². The first-order valence-electron chi connectivity index (χ1n) is 4.79. The Morgan fingerprint density at radius 2 is 2.13 bits per heavy atom. The van der Waals surface area contributed by atoms with Gasteiger partial charge in [0.15, 0.2) is 0 Å². The van der Waals surface area contributed by atoms with E-state index < -0.39 is 0 Å². The Morgan fingerprint density at radius 1 is 1.27 bits per heavy atom. The minimum absolute atomic E-state index is 0.834. The summed E-state index contributed by atoms with van der Waals surface area (Å²) in [6.07, 6.45) is 0. The van der Waals surface area contributed by atoms with Crippen molar-refractivity contribution in [2.24, 2.45) is 0 Å². The number of hydrogen-bond donors (Lipinski definition) is 1. The normalized spacial score (nSPS) is 10.3. The summed E-state index contributed by atoms with van der Waals surface area (Å²) in [7, 11) is 0. The van der Waals surface area contributed by atoms with Crippen LogP contribution in [0.5, 0.6) is 0 Å². The molecule has 0 unspecified atom stereocenters. The molecule has 1 aromatic carbocycles. The topological polar surface area (TPSA) is 12.0 Å². The Labute approximate surface area is 98.7 Å². The first-order valence-corrected chi connectivity index (χ1v) is 5.98. The summed E-state index contributed by atoms with van der Waals surface area (Å²) in [6, 6.07) is 12.3. The van der Waals surface area contributed by atoms with E-state index in [1.54, 1.807) is 11.3 Å². The molecule has 0 radical (unpaired) electrons. The van der Waals surface area contributed by atoms with Gasteiger partial charge in [-0.25, -0.2) is 0 Å². The zero-order valence-electron chi connectivity index (χ0n) is 8.46. The van der Waals surface area contributed by atoms with Gasteiger partial charge in [-0.05, 0) is 36.8 Å². The predicted octanol–water partition coefficient (Wildman–Crippen LogP) is 4.32. The van der Waals surface area contributed by atoms with E-state index in [-0.39, 0.29) is 0 Å². The summed E-state index contributed by atoms with van der Waals surface area (Å²) < 4.78 is 0.844. The molecule has 1 aromatic heterocycles. The molecule has 0 fully saturated rings. The highest BCUT2D eigenvalue weighted by Gasteiger charge is 1.97. The van der Waals surface area contributed by atoms with Crippen molar-refractivity contribution in [1.29, 1.82) is 0 Å². The van der Waals surface area contributed by atoms with Gasteiger partial charge >= 0.3 is 0 Å². The fraction of sp³-hybridized carbons (Fsp3) is 0.167. The first kappa shape index (κ1) is 10.5. The van der Waals surface area contributed by atoms with Gasteiger partial charge in [0.05, 0.1) is 4.34 Å². The molecule has 0 aliphatic carbocycles. The SMILES string of the molecule is Cc1cccc(NCc2ccc(Cl)s2)c1. The van der Waals surface area contributed by atoms with E-state index in [0.29, 0.717) is 0 Å². The quantitative estimate of drug-likeness (QED) is 0.838. The van der Waals surface area contributed by atoms with E-state index in [2.05, 4.69) is 42.6 Å². The molecule has 0 aliphatic heterocycles. The lowest BCUT2D eigenvalue weighted by Gasteiger charge is -2.05. The summed E-state index contributed by atoms with van der Waals surface area (Å²) in [4.78, 5) is 1.25. The lowest BCUT2D eigenvalue weighted by molar-refractivity contribution is 1.19. The second kappa shape index (κ2) is 4.69. The summed E-state index contributed by atoms with van der Waals surface area (Å²) >= 11 is 7.47. The van der Waals surface area contributed by atoms with Crippen LogP contribution in [0.4, 0.5) is 5.69 Å². The average Bonchev–Trinajstić information content (AvgIpc) is 2.62. The maximum atomic E-state index is 5.86. The van der Waals surface area contributed by atoms with Gasteiger partial charge in [-0.1, -0.05) is 23.7 Å². The van der Waals surface area contributed by atoms with Crippen LogP contribution in [0, 0.1) is 6.92 Å². The van der Waals surface area contributed by atoms with Crippen molar-refractivity contribution >= 4 is 28.6 Å². The van der Waals surface area contributed by atoms with Crippen molar-refractivity contribution in [3.05, 3.63) is 51.2 Å². The highest BCUT2D eigenvalue weighted by Crippen LogP contribution is 2.22. The number of benzene rings is 1. The second-order valence-corrected chi connectivity index (χ2v) is 5.23. The van der Waals surface area contributed by atoms with Crippen molar-refractivity contribution in [3.8, 4) is 0 Å². The zero-order chi connectivity index (χ0) is 10.7. The Morgan fingerprint density at radius 3 is 2.80 bits per heavy atom. The van der Waals surface area contributed by atoms with Crippen molar-refractivity contribution in [1.82, 2.24) is 0 Å². The summed E-state index contributed by atoms with van der Waals surface area (Å²) in [5.74, 6) is 0. The van der Waals surface area contributed by atoms with Crippen LogP contribution in [0.25, 0.3) is 0 Å². The van der Waals surface area contributed by atoms with Gasteiger partial charge in [-0.2, -0.15) is 0 Å². The van der Waals surface area contributed by atoms with Crippen LogP contribution in [0.3, 0.4) is 0 Å². The van der Waals surface area contributed by atoms with Crippen LogP contribution in [0.2, 0.25) is 4.34 Å². The monoisotopic (exact) mass is 237 g/mol. The third-order valence-corrected chi connectivity index (χ3v) is 3.34. The number of anilines is 1. The third kappa shape index (κ3) is 2.98. The summed E-state index contributed by atoms with van der Waals surface area (Å²) in [5.41, 5.74) is 2.42. The standard InChI is InChI=1S/C12H12ClNS/c1-9-3-2-4-10(7-9)14-8-11-5-6-12(13)15-11/h2-7,14H,8H2,1H3. The molecule has 0 amide bonds. The molecule has 1 heterocycles. The molecule has 3 heteroatoms. The fourth-order valence-electron chi connectivity index (χ4n) is 1.39. The largest absolute Gasteiger partial charge is 0.380 e. The van der Waals surface area contributed by atoms with Crippen molar-refractivity contribution in [2.75, 3.05) is 5.32 Å². The van der Waals surface area contributed by atoms with Crippen LogP contribution in [-0.4, -0.2) is 0 Å². The zero-order valence-corrected chi connectivity index (χ0v) is 10.0. The van der Waals surface area contributed by atoms with Crippen LogP contribution >= 0.6 is 22.9 Å². The molecule has 0 atom stereocenters. The van der Waals surface area contributed by atoms with E-state index in [9.17, 15) is 0 Å². The van der Waals surface area contributed by atoms with E-state index in [0.717, 1.165) is 16.6 Å². The molecule has 1 nitrogen and oxygen atoms in total. The van der Waals surface area contributed by atoms with E-state index in [1.807, 2.05) is 6.07 Å². The Hall–Kier alpha value is -0.990. The van der Waals surface area contributed by atoms with Crippen molar-refractivity contribution in [2.45, 2.75) is 13.5 Å². The average molecular weight is 238 g/mol. The van der Waals surface area contributed by atoms with Gasteiger partial charge in [-0.15, -0.1) is 11.3 Å². The molecular weight excluding hydrogens is 226 g/mol. The van der Waals surface area contributed by atoms with E-state index >= 15 is 0 Å². The van der Waals surface area contributed by atoms with E-state index in [1.165, 1.54) is 10.4 Å². The van der Waals surface area contributed by atoms with Gasteiger partial charge in [0.1, 0.15) is 0 Å². The number of nitrogens with one attached hydrogen (secondary N) is 1. The lowest BCUT2D eigenvalue weighted by atomic mass is 10.2. The predicted molar refractivity (Wildman–Crippen MR) is 67.8 cm³/mol. The highest BCUT2D eigenvalue weighted by atomic mass is 35.5. The van der Waals surface area contributed by atoms with Crippen LogP contribution in [0.1, 0.15) is 10.4 Å². The maximum absolute atomic E-state index is 5.86. The molecule has 0 saturated carbocycles. The van der Waals surface area contributed by atoms with Gasteiger partial charge < -0.3 is 5.32 Å². The molecule has 78 valence electrons. The molecule has 0 bridgehead atoms. The smallest absolute Gasteiger partial charge is 0.0931 e. The second-order valence-electron chi connectivity index (χ2n) is 3.43. The van der Waals surface area contributed by atoms with Gasteiger partial charge in [-0.3, -0.25) is 0 Å². The molecular formula is C12H12ClNS. The maximum Gasteiger partial charge on any atom is 0.0931 e. The van der Waals surface area contributed by atoms with Crippen molar-refractivity contribution in [3.63, 3.8) is 0 Å².